The molecule has 0 saturated carbocycles. The van der Waals surface area contributed by atoms with Gasteiger partial charge in [0.2, 0.25) is 0 Å². The molecule has 0 unspecified atom stereocenters. The third kappa shape index (κ3) is 8.15. The van der Waals surface area contributed by atoms with Gasteiger partial charge in [0, 0.05) is 12.8 Å². The summed E-state index contributed by atoms with van der Waals surface area (Å²) in [6.07, 6.45) is 1.27. The largest absolute Gasteiger partial charge is 0.443 e. The number of hydrogen-bond donors (Lipinski definition) is 1. The molecule has 8 heteroatoms. The molecule has 124 valence electrons. The highest BCUT2D eigenvalue weighted by Crippen LogP contribution is 2.17. The van der Waals surface area contributed by atoms with Crippen molar-refractivity contribution in [3.05, 3.63) is 28.9 Å². The lowest BCUT2D eigenvalue weighted by atomic mass is 10.2. The van der Waals surface area contributed by atoms with E-state index in [0.29, 0.717) is 18.8 Å². The van der Waals surface area contributed by atoms with E-state index in [4.69, 9.17) is 19.6 Å². The molecule has 0 aromatic carbocycles. The van der Waals surface area contributed by atoms with Crippen LogP contribution in [-0.4, -0.2) is 42.1 Å². The first-order valence-corrected chi connectivity index (χ1v) is 6.64. The van der Waals surface area contributed by atoms with Gasteiger partial charge in [0.1, 0.15) is 5.60 Å². The number of ether oxygens (including phenoxy) is 2. The van der Waals surface area contributed by atoms with Gasteiger partial charge in [-0.2, -0.15) is 0 Å². The van der Waals surface area contributed by atoms with Crippen molar-refractivity contribution < 1.29 is 19.5 Å². The first-order valence-electron chi connectivity index (χ1n) is 6.64. The third-order valence-electron chi connectivity index (χ3n) is 2.34. The first kappa shape index (κ1) is 19.8. The predicted octanol–water partition coefficient (Wildman–Crippen LogP) is 2.92. The van der Waals surface area contributed by atoms with Gasteiger partial charge in [0.05, 0.1) is 25.0 Å². The maximum atomic E-state index is 12.2. The summed E-state index contributed by atoms with van der Waals surface area (Å²) in [7, 11) is 1.60. The van der Waals surface area contributed by atoms with Crippen molar-refractivity contribution >= 4 is 11.8 Å². The van der Waals surface area contributed by atoms with Crippen LogP contribution in [-0.2, 0) is 9.47 Å². The second-order valence-corrected chi connectivity index (χ2v) is 5.36. The van der Waals surface area contributed by atoms with Crippen molar-refractivity contribution in [3.63, 3.8) is 0 Å². The van der Waals surface area contributed by atoms with Crippen LogP contribution in [0.25, 0.3) is 0 Å². The molecule has 0 radical (unpaired) electrons. The minimum absolute atomic E-state index is 0.393. The van der Waals surface area contributed by atoms with Crippen LogP contribution in [0.5, 0.6) is 0 Å². The molecule has 1 aromatic rings. The van der Waals surface area contributed by atoms with Crippen LogP contribution in [0.4, 0.5) is 10.5 Å². The van der Waals surface area contributed by atoms with Gasteiger partial charge in [-0.25, -0.2) is 4.79 Å². The third-order valence-corrected chi connectivity index (χ3v) is 2.34. The molecule has 0 spiro atoms. The molecule has 1 aromatic heterocycles. The normalized spacial score (nSPS) is 10.2. The number of hydrogen-bond acceptors (Lipinski definition) is 6. The van der Waals surface area contributed by atoms with Crippen molar-refractivity contribution in [2.45, 2.75) is 33.3 Å². The molecule has 1 rings (SSSR count). The van der Waals surface area contributed by atoms with Crippen LogP contribution >= 0.6 is 0 Å². The molecular formula is C14H23N3O5. The van der Waals surface area contributed by atoms with Gasteiger partial charge in [-0.3, -0.25) is 9.88 Å². The second kappa shape index (κ2) is 9.67. The number of pyridine rings is 1. The van der Waals surface area contributed by atoms with E-state index < -0.39 is 11.7 Å². The monoisotopic (exact) mass is 313 g/mol. The van der Waals surface area contributed by atoms with Crippen molar-refractivity contribution in [1.82, 2.24) is 4.98 Å². The van der Waals surface area contributed by atoms with E-state index in [0.717, 1.165) is 5.69 Å². The topological polar surface area (TPSA) is 101 Å². The Balaban J connectivity index is 0.00000135. The summed E-state index contributed by atoms with van der Waals surface area (Å²) in [6.45, 7) is 8.28. The highest BCUT2D eigenvalue weighted by molar-refractivity contribution is 5.87. The van der Waals surface area contributed by atoms with Crippen LogP contribution < -0.4 is 4.90 Å². The standard InChI is InChI=1S/C14H22N2O3.HNO2/c1-11-6-7-12(10-15-11)16(8-9-18-5)13(17)19-14(2,3)4;2-1-3/h6-7,10H,8-9H2,1-5H3;(H,2,3). The summed E-state index contributed by atoms with van der Waals surface area (Å²) in [5, 5.41) is 7.89. The molecule has 0 aliphatic rings. The Morgan fingerprint density at radius 2 is 2.00 bits per heavy atom. The van der Waals surface area contributed by atoms with Gasteiger partial charge < -0.3 is 14.7 Å². The van der Waals surface area contributed by atoms with E-state index in [1.807, 2.05) is 39.8 Å². The number of carbonyl (C=O) groups is 1. The maximum Gasteiger partial charge on any atom is 0.414 e. The first-order chi connectivity index (χ1) is 10.2. The molecule has 8 nitrogen and oxygen atoms in total. The van der Waals surface area contributed by atoms with Crippen molar-refractivity contribution in [2.24, 2.45) is 5.34 Å². The van der Waals surface area contributed by atoms with Crippen LogP contribution in [0.3, 0.4) is 0 Å². The number of anilines is 1. The zero-order chi connectivity index (χ0) is 17.2. The fraction of sp³-hybridized carbons (Fsp3) is 0.571. The van der Waals surface area contributed by atoms with Crippen molar-refractivity contribution in [1.29, 1.82) is 0 Å². The molecule has 0 saturated heterocycles. The molecule has 0 aliphatic heterocycles. The lowest BCUT2D eigenvalue weighted by molar-refractivity contribution is 0.0569. The zero-order valence-electron chi connectivity index (χ0n) is 13.6. The molecule has 0 atom stereocenters. The number of methoxy groups -OCH3 is 1. The molecule has 0 bridgehead atoms. The molecular weight excluding hydrogens is 290 g/mol. The number of aryl methyl sites for hydroxylation is 1. The van der Waals surface area contributed by atoms with Crippen LogP contribution in [0.1, 0.15) is 26.5 Å². The van der Waals surface area contributed by atoms with E-state index in [9.17, 15) is 4.79 Å². The molecule has 1 N–H and O–H groups in total. The maximum absolute atomic E-state index is 12.2. The number of rotatable bonds is 4. The Hall–Kier alpha value is -2.22. The van der Waals surface area contributed by atoms with Crippen molar-refractivity contribution in [3.8, 4) is 0 Å². The predicted molar refractivity (Wildman–Crippen MR) is 82.0 cm³/mol. The number of nitrogens with zero attached hydrogens (tertiary/aromatic N) is 3. The molecule has 0 fully saturated rings. The Morgan fingerprint density at radius 1 is 1.41 bits per heavy atom. The summed E-state index contributed by atoms with van der Waals surface area (Å²) in [5.74, 6) is 0. The summed E-state index contributed by atoms with van der Waals surface area (Å²) < 4.78 is 10.4. The van der Waals surface area contributed by atoms with Gasteiger partial charge in [0.15, 0.2) is 5.34 Å². The molecule has 22 heavy (non-hydrogen) atoms. The Bertz CT molecular complexity index is 457. The lowest BCUT2D eigenvalue weighted by Crippen LogP contribution is -2.38. The van der Waals surface area contributed by atoms with E-state index in [1.165, 1.54) is 10.2 Å². The summed E-state index contributed by atoms with van der Waals surface area (Å²) in [5.41, 5.74) is 1.08. The number of aromatic nitrogens is 1. The highest BCUT2D eigenvalue weighted by Gasteiger charge is 2.23. The SMILES string of the molecule is COCCN(C(=O)OC(C)(C)C)c1ccc(C)nc1.O=NO. The fourth-order valence-corrected chi connectivity index (χ4v) is 1.45. The Kier molecular flexibility index (Phi) is 8.69. The van der Waals surface area contributed by atoms with E-state index in [2.05, 4.69) is 4.98 Å². The average molecular weight is 313 g/mol. The summed E-state index contributed by atoms with van der Waals surface area (Å²) in [6, 6.07) is 3.71. The van der Waals surface area contributed by atoms with Crippen LogP contribution in [0.2, 0.25) is 0 Å². The fourth-order valence-electron chi connectivity index (χ4n) is 1.45. The smallest absolute Gasteiger partial charge is 0.414 e. The van der Waals surface area contributed by atoms with E-state index in [1.54, 1.807) is 13.3 Å². The summed E-state index contributed by atoms with van der Waals surface area (Å²) >= 11 is 0. The average Bonchev–Trinajstić information content (AvgIpc) is 2.40. The van der Waals surface area contributed by atoms with Gasteiger partial charge in [-0.1, -0.05) is 0 Å². The van der Waals surface area contributed by atoms with E-state index >= 15 is 0 Å². The summed E-state index contributed by atoms with van der Waals surface area (Å²) in [4.78, 5) is 26.0. The van der Waals surface area contributed by atoms with E-state index in [-0.39, 0.29) is 0 Å². The number of carbonyl (C=O) groups excluding carboxylic acids is 1. The Morgan fingerprint density at radius 3 is 2.41 bits per heavy atom. The minimum atomic E-state index is -0.527. The minimum Gasteiger partial charge on any atom is -0.443 e. The van der Waals surface area contributed by atoms with Gasteiger partial charge >= 0.3 is 6.09 Å². The zero-order valence-corrected chi connectivity index (χ0v) is 13.6. The molecule has 0 aliphatic carbocycles. The van der Waals surface area contributed by atoms with Crippen LogP contribution in [0, 0.1) is 11.8 Å². The van der Waals surface area contributed by atoms with Gasteiger partial charge in [-0.05, 0) is 39.8 Å². The van der Waals surface area contributed by atoms with Gasteiger partial charge in [0.25, 0.3) is 0 Å². The Labute approximate surface area is 130 Å². The second-order valence-electron chi connectivity index (χ2n) is 5.36. The lowest BCUT2D eigenvalue weighted by Gasteiger charge is -2.27. The molecule has 1 heterocycles. The quantitative estimate of drug-likeness (QED) is 0.677. The molecule has 1 amide bonds. The van der Waals surface area contributed by atoms with Crippen LogP contribution in [0.15, 0.2) is 23.7 Å². The van der Waals surface area contributed by atoms with Gasteiger partial charge in [-0.15, -0.1) is 4.91 Å². The highest BCUT2D eigenvalue weighted by atomic mass is 16.6. The van der Waals surface area contributed by atoms with Crippen molar-refractivity contribution in [2.75, 3.05) is 25.2 Å². The number of amides is 1.